The van der Waals surface area contributed by atoms with E-state index in [-0.39, 0.29) is 5.69 Å². The first-order valence-corrected chi connectivity index (χ1v) is 4.68. The minimum absolute atomic E-state index is 0.317. The molecule has 0 aliphatic rings. The van der Waals surface area contributed by atoms with Crippen LogP contribution in [-0.4, -0.2) is 17.1 Å². The van der Waals surface area contributed by atoms with E-state index in [1.165, 1.54) is 6.92 Å². The Kier molecular flexibility index (Phi) is 3.62. The molecule has 1 amide bonds. The highest BCUT2D eigenvalue weighted by molar-refractivity contribution is 5.95. The molecule has 1 rings (SSSR count). The van der Waals surface area contributed by atoms with Crippen LogP contribution in [0, 0.1) is 0 Å². The largest absolute Gasteiger partial charge is 0.506 e. The van der Waals surface area contributed by atoms with Crippen LogP contribution in [-0.2, 0) is 11.0 Å². The third-order valence-corrected chi connectivity index (χ3v) is 2.00. The van der Waals surface area contributed by atoms with Gasteiger partial charge in [-0.2, -0.15) is 13.2 Å². The highest BCUT2D eigenvalue weighted by atomic mass is 19.4. The second-order valence-corrected chi connectivity index (χ2v) is 3.51. The molecular formula is C10H11F3N2O2. The third-order valence-electron chi connectivity index (χ3n) is 2.00. The van der Waals surface area contributed by atoms with Gasteiger partial charge in [0.25, 0.3) is 0 Å². The molecule has 1 atom stereocenters. The summed E-state index contributed by atoms with van der Waals surface area (Å²) >= 11 is 0. The van der Waals surface area contributed by atoms with Crippen molar-refractivity contribution in [3.63, 3.8) is 0 Å². The third kappa shape index (κ3) is 3.35. The van der Waals surface area contributed by atoms with Gasteiger partial charge in [-0.3, -0.25) is 4.79 Å². The first-order valence-electron chi connectivity index (χ1n) is 4.68. The topological polar surface area (TPSA) is 75.4 Å². The van der Waals surface area contributed by atoms with Crippen LogP contribution in [0.2, 0.25) is 0 Å². The summed E-state index contributed by atoms with van der Waals surface area (Å²) in [6.07, 6.45) is -4.54. The quantitative estimate of drug-likeness (QED) is 0.697. The van der Waals surface area contributed by atoms with E-state index in [1.54, 1.807) is 0 Å². The summed E-state index contributed by atoms with van der Waals surface area (Å²) in [5, 5.41) is 11.4. The van der Waals surface area contributed by atoms with Crippen LogP contribution in [0.3, 0.4) is 0 Å². The SMILES string of the molecule is C[C@@H](N)C(=O)Nc1cc(C(F)(F)F)ccc1O. The summed E-state index contributed by atoms with van der Waals surface area (Å²) in [7, 11) is 0. The average Bonchev–Trinajstić information content (AvgIpc) is 2.19. The summed E-state index contributed by atoms with van der Waals surface area (Å²) in [6, 6.07) is 1.34. The molecule has 7 heteroatoms. The molecule has 0 heterocycles. The molecule has 0 bridgehead atoms. The zero-order valence-electron chi connectivity index (χ0n) is 8.88. The maximum absolute atomic E-state index is 12.4. The molecular weight excluding hydrogens is 237 g/mol. The van der Waals surface area contributed by atoms with Gasteiger partial charge in [-0.1, -0.05) is 0 Å². The zero-order valence-corrected chi connectivity index (χ0v) is 8.88. The number of halogens is 3. The lowest BCUT2D eigenvalue weighted by Crippen LogP contribution is -2.32. The van der Waals surface area contributed by atoms with Gasteiger partial charge < -0.3 is 16.2 Å². The van der Waals surface area contributed by atoms with Crippen molar-refractivity contribution < 1.29 is 23.1 Å². The number of hydrogen-bond acceptors (Lipinski definition) is 3. The maximum Gasteiger partial charge on any atom is 0.416 e. The van der Waals surface area contributed by atoms with Gasteiger partial charge >= 0.3 is 6.18 Å². The van der Waals surface area contributed by atoms with Gasteiger partial charge in [0, 0.05) is 0 Å². The van der Waals surface area contributed by atoms with Crippen molar-refractivity contribution in [3.8, 4) is 5.75 Å². The molecule has 4 N–H and O–H groups in total. The minimum atomic E-state index is -4.54. The molecule has 1 aromatic rings. The lowest BCUT2D eigenvalue weighted by atomic mass is 10.1. The summed E-state index contributed by atoms with van der Waals surface area (Å²) in [5.41, 5.74) is 3.96. The van der Waals surface area contributed by atoms with E-state index in [2.05, 4.69) is 5.32 Å². The second-order valence-electron chi connectivity index (χ2n) is 3.51. The number of anilines is 1. The van der Waals surface area contributed by atoms with E-state index in [0.29, 0.717) is 6.07 Å². The van der Waals surface area contributed by atoms with Crippen molar-refractivity contribution in [3.05, 3.63) is 23.8 Å². The lowest BCUT2D eigenvalue weighted by molar-refractivity contribution is -0.137. The van der Waals surface area contributed by atoms with Crippen molar-refractivity contribution in [1.82, 2.24) is 0 Å². The molecule has 0 radical (unpaired) electrons. The molecule has 94 valence electrons. The smallest absolute Gasteiger partial charge is 0.416 e. The summed E-state index contributed by atoms with van der Waals surface area (Å²) in [6.45, 7) is 1.37. The fraction of sp³-hybridized carbons (Fsp3) is 0.300. The van der Waals surface area contributed by atoms with E-state index in [0.717, 1.165) is 12.1 Å². The number of benzene rings is 1. The van der Waals surface area contributed by atoms with Crippen LogP contribution in [0.25, 0.3) is 0 Å². The Morgan fingerprint density at radius 2 is 2.06 bits per heavy atom. The number of nitrogens with two attached hydrogens (primary N) is 1. The van der Waals surface area contributed by atoms with Crippen molar-refractivity contribution >= 4 is 11.6 Å². The second kappa shape index (κ2) is 4.62. The summed E-state index contributed by atoms with van der Waals surface area (Å²) in [4.78, 5) is 11.2. The van der Waals surface area contributed by atoms with Crippen LogP contribution >= 0.6 is 0 Å². The highest BCUT2D eigenvalue weighted by Gasteiger charge is 2.31. The average molecular weight is 248 g/mol. The molecule has 1 aromatic carbocycles. The summed E-state index contributed by atoms with van der Waals surface area (Å²) in [5.74, 6) is -1.13. The standard InChI is InChI=1S/C10H11F3N2O2/c1-5(14)9(17)15-7-4-6(10(11,12)13)2-3-8(7)16/h2-5,16H,14H2,1H3,(H,15,17)/t5-/m1/s1. The first kappa shape index (κ1) is 13.3. The van der Waals surface area contributed by atoms with E-state index in [4.69, 9.17) is 5.73 Å². The van der Waals surface area contributed by atoms with Crippen molar-refractivity contribution in [2.75, 3.05) is 5.32 Å². The van der Waals surface area contributed by atoms with Crippen LogP contribution < -0.4 is 11.1 Å². The van der Waals surface area contributed by atoms with Crippen LogP contribution in [0.5, 0.6) is 5.75 Å². The molecule has 0 unspecified atom stereocenters. The van der Waals surface area contributed by atoms with Gasteiger partial charge in [-0.15, -0.1) is 0 Å². The Morgan fingerprint density at radius 1 is 1.47 bits per heavy atom. The number of phenolic OH excluding ortho intramolecular Hbond substituents is 1. The van der Waals surface area contributed by atoms with Gasteiger partial charge in [0.15, 0.2) is 0 Å². The van der Waals surface area contributed by atoms with Crippen LogP contribution in [0.15, 0.2) is 18.2 Å². The molecule has 0 spiro atoms. The fourth-order valence-electron chi connectivity index (χ4n) is 1.06. The number of alkyl halides is 3. The van der Waals surface area contributed by atoms with Gasteiger partial charge in [0.2, 0.25) is 5.91 Å². The highest BCUT2D eigenvalue weighted by Crippen LogP contribution is 2.34. The predicted octanol–water partition coefficient (Wildman–Crippen LogP) is 1.70. The van der Waals surface area contributed by atoms with E-state index in [1.807, 2.05) is 0 Å². The number of aromatic hydroxyl groups is 1. The molecule has 4 nitrogen and oxygen atoms in total. The molecule has 0 aliphatic carbocycles. The number of phenols is 1. The van der Waals surface area contributed by atoms with Crippen LogP contribution in [0.4, 0.5) is 18.9 Å². The minimum Gasteiger partial charge on any atom is -0.506 e. The van der Waals surface area contributed by atoms with E-state index < -0.39 is 29.4 Å². The molecule has 17 heavy (non-hydrogen) atoms. The molecule has 0 aliphatic heterocycles. The Balaban J connectivity index is 3.03. The Labute approximate surface area is 95.2 Å². The molecule has 0 fully saturated rings. The number of carbonyl (C=O) groups excluding carboxylic acids is 1. The van der Waals surface area contributed by atoms with Gasteiger partial charge in [-0.05, 0) is 25.1 Å². The van der Waals surface area contributed by atoms with E-state index >= 15 is 0 Å². The number of amides is 1. The Bertz CT molecular complexity index is 430. The fourth-order valence-corrected chi connectivity index (χ4v) is 1.06. The van der Waals surface area contributed by atoms with Crippen LogP contribution in [0.1, 0.15) is 12.5 Å². The zero-order chi connectivity index (χ0) is 13.2. The number of carbonyl (C=O) groups is 1. The maximum atomic E-state index is 12.4. The van der Waals surface area contributed by atoms with E-state index in [9.17, 15) is 23.1 Å². The van der Waals surface area contributed by atoms with Gasteiger partial charge in [-0.25, -0.2) is 0 Å². The summed E-state index contributed by atoms with van der Waals surface area (Å²) < 4.78 is 37.1. The monoisotopic (exact) mass is 248 g/mol. The lowest BCUT2D eigenvalue weighted by Gasteiger charge is -2.12. The molecule has 0 saturated heterocycles. The number of rotatable bonds is 2. The normalized spacial score (nSPS) is 13.2. The molecule has 0 aromatic heterocycles. The Morgan fingerprint density at radius 3 is 2.53 bits per heavy atom. The van der Waals surface area contributed by atoms with Gasteiger partial charge in [0.1, 0.15) is 5.75 Å². The van der Waals surface area contributed by atoms with Crippen molar-refractivity contribution in [2.45, 2.75) is 19.1 Å². The van der Waals surface area contributed by atoms with Crippen molar-refractivity contribution in [2.24, 2.45) is 5.73 Å². The molecule has 0 saturated carbocycles. The number of nitrogens with one attached hydrogen (secondary N) is 1. The first-order chi connectivity index (χ1) is 7.71. The predicted molar refractivity (Wildman–Crippen MR) is 55.4 cm³/mol. The Hall–Kier alpha value is -1.76. The van der Waals surface area contributed by atoms with Gasteiger partial charge in [0.05, 0.1) is 17.3 Å². The number of hydrogen-bond donors (Lipinski definition) is 3. The van der Waals surface area contributed by atoms with Crippen molar-refractivity contribution in [1.29, 1.82) is 0 Å².